The number of ether oxygens (including phenoxy) is 2. The molecule has 1 N–H and O–H groups in total. The van der Waals surface area contributed by atoms with Crippen LogP contribution < -0.4 is 0 Å². The van der Waals surface area contributed by atoms with Gasteiger partial charge < -0.3 is 33.8 Å². The molecule has 10 nitrogen and oxygen atoms in total. The molecule has 1 aromatic heterocycles. The van der Waals surface area contributed by atoms with Crippen molar-refractivity contribution in [2.24, 2.45) is 17.3 Å². The first-order valence-electron chi connectivity index (χ1n) is 14.4. The van der Waals surface area contributed by atoms with Gasteiger partial charge in [-0.15, -0.1) is 0 Å². The highest BCUT2D eigenvalue weighted by Gasteiger charge is 2.50. The number of rotatable bonds is 10. The number of carboxylic acid groups (broad SMARTS) is 1. The maximum absolute atomic E-state index is 14.4. The van der Waals surface area contributed by atoms with Crippen LogP contribution in [0.3, 0.4) is 0 Å². The summed E-state index contributed by atoms with van der Waals surface area (Å²) in [5.74, 6) is -0.595. The second-order valence-electron chi connectivity index (χ2n) is 12.4. The average Bonchev–Trinajstić information content (AvgIpc) is 3.27. The first-order valence-corrected chi connectivity index (χ1v) is 15.2. The lowest BCUT2D eigenvalue weighted by atomic mass is 9.74. The van der Waals surface area contributed by atoms with E-state index in [2.05, 4.69) is 29.8 Å². The van der Waals surface area contributed by atoms with Crippen molar-refractivity contribution in [3.05, 3.63) is 22.4 Å². The number of nitrogens with zero attached hydrogens (tertiary/aromatic N) is 4. The molecule has 40 heavy (non-hydrogen) atoms. The van der Waals surface area contributed by atoms with Gasteiger partial charge in [0.05, 0.1) is 35.8 Å². The molecular weight excluding hydrogens is 580 g/mol. The van der Waals surface area contributed by atoms with Crippen molar-refractivity contribution in [2.75, 3.05) is 53.1 Å². The van der Waals surface area contributed by atoms with Crippen molar-refractivity contribution in [3.8, 4) is 0 Å². The summed E-state index contributed by atoms with van der Waals surface area (Å²) >= 11 is 3.61. The van der Waals surface area contributed by atoms with E-state index >= 15 is 0 Å². The van der Waals surface area contributed by atoms with Crippen LogP contribution >= 0.6 is 15.9 Å². The van der Waals surface area contributed by atoms with Gasteiger partial charge in [-0.1, -0.05) is 34.6 Å². The SMILES string of the molecule is COCCCCn1c(Br)ccc1C(=O)N(CC(C)C)[C@H]1C[C@@H](C(=O)N2CCOCC2)CN(C(=O)O)C1C(C)(C)C. The summed E-state index contributed by atoms with van der Waals surface area (Å²) in [6.45, 7) is 14.0. The summed E-state index contributed by atoms with van der Waals surface area (Å²) in [4.78, 5) is 45.8. The van der Waals surface area contributed by atoms with Gasteiger partial charge in [0.25, 0.3) is 5.91 Å². The molecule has 11 heteroatoms. The van der Waals surface area contributed by atoms with Crippen LogP contribution in [0.2, 0.25) is 0 Å². The van der Waals surface area contributed by atoms with Crippen LogP contribution in [0.4, 0.5) is 4.79 Å². The van der Waals surface area contributed by atoms with E-state index in [4.69, 9.17) is 9.47 Å². The Kier molecular flexibility index (Phi) is 11.5. The number of unbranched alkanes of at least 4 members (excludes halogenated alkanes) is 1. The topological polar surface area (TPSA) is 105 Å². The fraction of sp³-hybridized carbons (Fsp3) is 0.759. The number of halogens is 1. The number of carbonyl (C=O) groups excluding carboxylic acids is 2. The van der Waals surface area contributed by atoms with Gasteiger partial charge in [0.2, 0.25) is 5.91 Å². The first kappa shape index (κ1) is 32.4. The zero-order chi connectivity index (χ0) is 29.6. The van der Waals surface area contributed by atoms with Crippen LogP contribution in [0.15, 0.2) is 16.7 Å². The molecule has 1 aromatic rings. The molecule has 2 aliphatic heterocycles. The summed E-state index contributed by atoms with van der Waals surface area (Å²) in [5, 5.41) is 10.4. The third-order valence-electron chi connectivity index (χ3n) is 7.80. The molecule has 3 heterocycles. The second kappa shape index (κ2) is 14.2. The molecule has 0 spiro atoms. The smallest absolute Gasteiger partial charge is 0.407 e. The minimum atomic E-state index is -1.06. The molecule has 0 bridgehead atoms. The van der Waals surface area contributed by atoms with Crippen molar-refractivity contribution in [3.63, 3.8) is 0 Å². The normalized spacial score (nSPS) is 22.1. The van der Waals surface area contributed by atoms with E-state index in [-0.39, 0.29) is 24.3 Å². The van der Waals surface area contributed by atoms with E-state index in [0.29, 0.717) is 58.1 Å². The number of methoxy groups -OCH3 is 1. The van der Waals surface area contributed by atoms with Crippen LogP contribution in [-0.2, 0) is 20.8 Å². The molecule has 226 valence electrons. The van der Waals surface area contributed by atoms with Crippen LogP contribution in [0.5, 0.6) is 0 Å². The minimum absolute atomic E-state index is 0.0619. The van der Waals surface area contributed by atoms with Crippen molar-refractivity contribution >= 4 is 33.8 Å². The molecule has 1 unspecified atom stereocenters. The fourth-order valence-electron chi connectivity index (χ4n) is 6.10. The van der Waals surface area contributed by atoms with Crippen molar-refractivity contribution in [1.82, 2.24) is 19.3 Å². The first-order chi connectivity index (χ1) is 18.9. The zero-order valence-corrected chi connectivity index (χ0v) is 26.5. The van der Waals surface area contributed by atoms with Gasteiger partial charge in [0.1, 0.15) is 5.69 Å². The Morgan fingerprint density at radius 2 is 1.85 bits per heavy atom. The highest BCUT2D eigenvalue weighted by Crippen LogP contribution is 2.38. The van der Waals surface area contributed by atoms with Crippen LogP contribution in [0.1, 0.15) is 64.4 Å². The number of carbonyl (C=O) groups is 3. The quantitative estimate of drug-likeness (QED) is 0.386. The highest BCUT2D eigenvalue weighted by molar-refractivity contribution is 9.10. The molecule has 3 rings (SSSR count). The minimum Gasteiger partial charge on any atom is -0.465 e. The van der Waals surface area contributed by atoms with Gasteiger partial charge in [-0.2, -0.15) is 0 Å². The van der Waals surface area contributed by atoms with E-state index in [9.17, 15) is 19.5 Å². The van der Waals surface area contributed by atoms with Crippen LogP contribution in [0.25, 0.3) is 0 Å². The molecule has 0 aromatic carbocycles. The number of aromatic nitrogens is 1. The third-order valence-corrected chi connectivity index (χ3v) is 8.49. The van der Waals surface area contributed by atoms with E-state index in [0.717, 1.165) is 17.4 Å². The maximum Gasteiger partial charge on any atom is 0.407 e. The predicted octanol–water partition coefficient (Wildman–Crippen LogP) is 4.42. The lowest BCUT2D eigenvalue weighted by molar-refractivity contribution is -0.144. The van der Waals surface area contributed by atoms with Gasteiger partial charge in [-0.25, -0.2) is 4.79 Å². The van der Waals surface area contributed by atoms with E-state index in [1.54, 1.807) is 12.0 Å². The molecule has 0 aliphatic carbocycles. The Balaban J connectivity index is 2.02. The maximum atomic E-state index is 14.4. The van der Waals surface area contributed by atoms with E-state index < -0.39 is 29.5 Å². The lowest BCUT2D eigenvalue weighted by Crippen LogP contribution is -2.66. The Labute approximate surface area is 247 Å². The van der Waals surface area contributed by atoms with Gasteiger partial charge >= 0.3 is 6.09 Å². The van der Waals surface area contributed by atoms with Crippen molar-refractivity contribution in [2.45, 2.75) is 72.5 Å². The van der Waals surface area contributed by atoms with E-state index in [1.165, 1.54) is 4.90 Å². The summed E-state index contributed by atoms with van der Waals surface area (Å²) in [6.07, 6.45) is 1.07. The van der Waals surface area contributed by atoms with Gasteiger partial charge in [0, 0.05) is 46.4 Å². The lowest BCUT2D eigenvalue weighted by Gasteiger charge is -2.52. The van der Waals surface area contributed by atoms with Gasteiger partial charge in [-0.3, -0.25) is 9.59 Å². The Hall–Kier alpha value is -2.11. The molecule has 0 saturated carbocycles. The molecule has 3 amide bonds. The molecule has 3 atom stereocenters. The molecule has 2 fully saturated rings. The Morgan fingerprint density at radius 3 is 2.42 bits per heavy atom. The standard InChI is InChI=1S/C29H47BrN4O6/c1-20(2)18-33(27(36)22-9-10-24(30)32(22)11-7-8-14-39-6)23-17-21(26(35)31-12-15-40-16-13-31)19-34(28(37)38)25(23)29(3,4)5/h9-10,20-21,23,25H,7-8,11-19H2,1-6H3,(H,37,38)/t21-,23+,25?/m1/s1. The summed E-state index contributed by atoms with van der Waals surface area (Å²) in [5.41, 5.74) is 0.0926. The fourth-order valence-corrected chi connectivity index (χ4v) is 6.60. The molecular formula is C29H47BrN4O6. The summed E-state index contributed by atoms with van der Waals surface area (Å²) in [6, 6.07) is 2.77. The molecule has 0 radical (unpaired) electrons. The van der Waals surface area contributed by atoms with E-state index in [1.807, 2.05) is 42.4 Å². The van der Waals surface area contributed by atoms with Gasteiger partial charge in [0.15, 0.2) is 0 Å². The molecule has 2 saturated heterocycles. The number of morpholine rings is 1. The predicted molar refractivity (Wildman–Crippen MR) is 156 cm³/mol. The summed E-state index contributed by atoms with van der Waals surface area (Å²) in [7, 11) is 1.68. The number of piperidine rings is 1. The van der Waals surface area contributed by atoms with Crippen molar-refractivity contribution < 1.29 is 29.0 Å². The largest absolute Gasteiger partial charge is 0.465 e. The summed E-state index contributed by atoms with van der Waals surface area (Å²) < 4.78 is 13.4. The average molecular weight is 628 g/mol. The molecule has 2 aliphatic rings. The zero-order valence-electron chi connectivity index (χ0n) is 24.9. The van der Waals surface area contributed by atoms with Crippen LogP contribution in [0, 0.1) is 17.3 Å². The number of amides is 3. The Morgan fingerprint density at radius 1 is 1.18 bits per heavy atom. The number of hydrogen-bond donors (Lipinski definition) is 1. The third kappa shape index (κ3) is 7.79. The number of likely N-dealkylation sites (tertiary alicyclic amines) is 1. The number of hydrogen-bond acceptors (Lipinski definition) is 5. The Bertz CT molecular complexity index is 1020. The van der Waals surface area contributed by atoms with Gasteiger partial charge in [-0.05, 0) is 58.7 Å². The monoisotopic (exact) mass is 626 g/mol. The second-order valence-corrected chi connectivity index (χ2v) is 13.2. The highest BCUT2D eigenvalue weighted by atomic mass is 79.9. The van der Waals surface area contributed by atoms with Crippen LogP contribution in [-0.4, -0.2) is 107 Å². The van der Waals surface area contributed by atoms with Crippen molar-refractivity contribution in [1.29, 1.82) is 0 Å².